The van der Waals surface area contributed by atoms with Crippen LogP contribution in [0.15, 0.2) is 30.6 Å². The van der Waals surface area contributed by atoms with Crippen LogP contribution in [0, 0.1) is 0 Å². The second-order valence-electron chi connectivity index (χ2n) is 8.60. The molecule has 1 aromatic carbocycles. The smallest absolute Gasteiger partial charge is 0.167 e. The van der Waals surface area contributed by atoms with Crippen molar-refractivity contribution in [2.45, 2.75) is 49.4 Å². The molecule has 1 aliphatic heterocycles. The Morgan fingerprint density at radius 3 is 2.35 bits per heavy atom. The highest BCUT2D eigenvalue weighted by Gasteiger charge is 2.36. The van der Waals surface area contributed by atoms with E-state index < -0.39 is 26.9 Å². The Morgan fingerprint density at radius 2 is 1.78 bits per heavy atom. The summed E-state index contributed by atoms with van der Waals surface area (Å²) in [6.07, 6.45) is 4.18. The van der Waals surface area contributed by atoms with Crippen molar-refractivity contribution < 1.29 is 27.4 Å². The summed E-state index contributed by atoms with van der Waals surface area (Å²) in [5, 5.41) is 8.03. The van der Waals surface area contributed by atoms with Crippen molar-refractivity contribution >= 4 is 21.4 Å². The lowest BCUT2D eigenvalue weighted by atomic mass is 10.1. The molecule has 2 aromatic heterocycles. The lowest BCUT2D eigenvalue weighted by Crippen LogP contribution is -2.30. The van der Waals surface area contributed by atoms with Crippen molar-refractivity contribution in [3.8, 4) is 17.2 Å². The third-order valence-corrected chi connectivity index (χ3v) is 8.56. The first-order chi connectivity index (χ1) is 17.8. The maximum atomic E-state index is 13.7. The Hall–Kier alpha value is -2.80. The van der Waals surface area contributed by atoms with Crippen LogP contribution in [0.2, 0.25) is 5.02 Å². The lowest BCUT2D eigenvalue weighted by molar-refractivity contribution is 0.00828. The molecule has 200 valence electrons. The summed E-state index contributed by atoms with van der Waals surface area (Å²) in [6, 6.07) is 5.32. The number of aromatic nitrogens is 5. The number of methoxy groups -OCH3 is 3. The van der Waals surface area contributed by atoms with Crippen LogP contribution in [0.3, 0.4) is 0 Å². The molecule has 0 saturated carbocycles. The van der Waals surface area contributed by atoms with Gasteiger partial charge in [-0.05, 0) is 38.3 Å². The van der Waals surface area contributed by atoms with E-state index in [4.69, 9.17) is 30.5 Å². The molecule has 3 heterocycles. The quantitative estimate of drug-likeness (QED) is 0.368. The summed E-state index contributed by atoms with van der Waals surface area (Å²) in [5.74, 6) is 1.43. The Morgan fingerprint density at radius 1 is 1.11 bits per heavy atom. The predicted octanol–water partition coefficient (Wildman–Crippen LogP) is 3.66. The van der Waals surface area contributed by atoms with Gasteiger partial charge in [-0.1, -0.05) is 17.7 Å². The first-order valence-corrected chi connectivity index (χ1v) is 13.9. The molecule has 3 aromatic rings. The van der Waals surface area contributed by atoms with E-state index in [0.717, 1.165) is 19.3 Å². The van der Waals surface area contributed by atoms with Gasteiger partial charge in [0.2, 0.25) is 0 Å². The first kappa shape index (κ1) is 27.2. The highest BCUT2D eigenvalue weighted by Crippen LogP contribution is 2.38. The molecule has 37 heavy (non-hydrogen) atoms. The lowest BCUT2D eigenvalue weighted by Gasteiger charge is -2.25. The van der Waals surface area contributed by atoms with E-state index in [-0.39, 0.29) is 17.8 Å². The average Bonchev–Trinajstić information content (AvgIpc) is 3.32. The number of rotatable bonds is 10. The third-order valence-electron chi connectivity index (χ3n) is 6.32. The van der Waals surface area contributed by atoms with E-state index in [1.807, 2.05) is 0 Å². The summed E-state index contributed by atoms with van der Waals surface area (Å²) in [4.78, 5) is 8.30. The number of nitrogens with zero attached hydrogens (tertiary/aromatic N) is 5. The average molecular weight is 552 g/mol. The van der Waals surface area contributed by atoms with Crippen molar-refractivity contribution in [3.05, 3.63) is 53.1 Å². The van der Waals surface area contributed by atoms with Crippen LogP contribution in [0.4, 0.5) is 0 Å². The number of para-hydroxylation sites is 1. The Labute approximate surface area is 221 Å². The minimum Gasteiger partial charge on any atom is -0.494 e. The molecule has 3 atom stereocenters. The predicted molar refractivity (Wildman–Crippen MR) is 136 cm³/mol. The SMILES string of the molecule is COc1cccc(OC)c1-n1c(CS(=O)(=O)[C@@H](C)[C@H](OC)c2ncc(Cl)cn2)nnc1[C@H]1CCCCO1. The molecule has 11 nitrogen and oxygen atoms in total. The van der Waals surface area contributed by atoms with Gasteiger partial charge in [0.05, 0.1) is 24.5 Å². The number of hydrogen-bond donors (Lipinski definition) is 0. The monoisotopic (exact) mass is 551 g/mol. The molecule has 1 fully saturated rings. The Bertz CT molecular complexity index is 1290. The summed E-state index contributed by atoms with van der Waals surface area (Å²) < 4.78 is 51.8. The van der Waals surface area contributed by atoms with Gasteiger partial charge in [0, 0.05) is 26.1 Å². The summed E-state index contributed by atoms with van der Waals surface area (Å²) in [6.45, 7) is 2.14. The number of halogens is 1. The van der Waals surface area contributed by atoms with Crippen LogP contribution in [0.25, 0.3) is 5.69 Å². The highest BCUT2D eigenvalue weighted by atomic mass is 35.5. The molecule has 4 rings (SSSR count). The van der Waals surface area contributed by atoms with Gasteiger partial charge >= 0.3 is 0 Å². The van der Waals surface area contributed by atoms with Gasteiger partial charge in [-0.15, -0.1) is 10.2 Å². The van der Waals surface area contributed by atoms with E-state index in [9.17, 15) is 8.42 Å². The minimum absolute atomic E-state index is 0.200. The molecule has 0 bridgehead atoms. The van der Waals surface area contributed by atoms with Gasteiger partial charge in [0.25, 0.3) is 0 Å². The van der Waals surface area contributed by atoms with Crippen molar-refractivity contribution in [2.75, 3.05) is 27.9 Å². The molecule has 0 aliphatic carbocycles. The second kappa shape index (κ2) is 11.7. The zero-order valence-electron chi connectivity index (χ0n) is 21.1. The van der Waals surface area contributed by atoms with Gasteiger partial charge in [-0.25, -0.2) is 18.4 Å². The maximum Gasteiger partial charge on any atom is 0.167 e. The van der Waals surface area contributed by atoms with Crippen LogP contribution in [-0.4, -0.2) is 66.3 Å². The van der Waals surface area contributed by atoms with Gasteiger partial charge in [-0.2, -0.15) is 0 Å². The van der Waals surface area contributed by atoms with Crippen LogP contribution < -0.4 is 9.47 Å². The van der Waals surface area contributed by atoms with Crippen molar-refractivity contribution in [1.29, 1.82) is 0 Å². The van der Waals surface area contributed by atoms with Crippen LogP contribution >= 0.6 is 11.6 Å². The van der Waals surface area contributed by atoms with Crippen LogP contribution in [0.5, 0.6) is 11.5 Å². The molecule has 0 N–H and O–H groups in total. The molecule has 1 saturated heterocycles. The number of ether oxygens (including phenoxy) is 4. The van der Waals surface area contributed by atoms with Gasteiger partial charge < -0.3 is 18.9 Å². The van der Waals surface area contributed by atoms with E-state index in [0.29, 0.717) is 34.6 Å². The highest BCUT2D eigenvalue weighted by molar-refractivity contribution is 7.91. The fourth-order valence-electron chi connectivity index (χ4n) is 4.35. The van der Waals surface area contributed by atoms with Crippen molar-refractivity contribution in [2.24, 2.45) is 0 Å². The number of benzene rings is 1. The molecular formula is C24H30ClN5O6S. The molecule has 13 heteroatoms. The minimum atomic E-state index is -3.85. The van der Waals surface area contributed by atoms with Crippen LogP contribution in [0.1, 0.15) is 55.9 Å². The first-order valence-electron chi connectivity index (χ1n) is 11.8. The molecule has 0 unspecified atom stereocenters. The van der Waals surface area contributed by atoms with E-state index in [1.54, 1.807) is 29.7 Å². The maximum absolute atomic E-state index is 13.7. The van der Waals surface area contributed by atoms with Gasteiger partial charge in [0.15, 0.2) is 27.3 Å². The second-order valence-corrected chi connectivity index (χ2v) is 11.4. The number of hydrogen-bond acceptors (Lipinski definition) is 10. The number of sulfone groups is 1. The van der Waals surface area contributed by atoms with Gasteiger partial charge in [0.1, 0.15) is 35.1 Å². The van der Waals surface area contributed by atoms with E-state index >= 15 is 0 Å². The zero-order chi connectivity index (χ0) is 26.6. The molecule has 1 aliphatic rings. The van der Waals surface area contributed by atoms with Crippen molar-refractivity contribution in [1.82, 2.24) is 24.7 Å². The largest absolute Gasteiger partial charge is 0.494 e. The molecule has 0 radical (unpaired) electrons. The molecular weight excluding hydrogens is 522 g/mol. The molecule has 0 spiro atoms. The van der Waals surface area contributed by atoms with Gasteiger partial charge in [-0.3, -0.25) is 4.57 Å². The van der Waals surface area contributed by atoms with Crippen LogP contribution in [-0.2, 0) is 25.1 Å². The molecule has 0 amide bonds. The zero-order valence-corrected chi connectivity index (χ0v) is 22.7. The van der Waals surface area contributed by atoms with E-state index in [1.165, 1.54) is 33.7 Å². The fourth-order valence-corrected chi connectivity index (χ4v) is 5.86. The summed E-state index contributed by atoms with van der Waals surface area (Å²) >= 11 is 5.90. The Balaban J connectivity index is 1.78. The standard InChI is InChI=1S/C24H30ClN5O6S/c1-15(22(35-4)23-26-12-16(25)13-27-23)37(31,32)14-20-28-29-24(19-8-5-6-11-36-19)30(20)21-17(33-2)9-7-10-18(21)34-3/h7,9-10,12-13,15,19,22H,5-6,8,11,14H2,1-4H3/t15-,19+,22-/m0/s1. The summed E-state index contributed by atoms with van der Waals surface area (Å²) in [5.41, 5.74) is 0.504. The normalized spacial score (nSPS) is 17.8. The Kier molecular flexibility index (Phi) is 8.63. The summed E-state index contributed by atoms with van der Waals surface area (Å²) in [7, 11) is 0.628. The van der Waals surface area contributed by atoms with Crippen molar-refractivity contribution in [3.63, 3.8) is 0 Å². The van der Waals surface area contributed by atoms with E-state index in [2.05, 4.69) is 20.2 Å². The topological polar surface area (TPSA) is 128 Å². The third kappa shape index (κ3) is 5.71. The fraction of sp³-hybridized carbons (Fsp3) is 0.500.